The van der Waals surface area contributed by atoms with Crippen molar-refractivity contribution in [2.24, 2.45) is 11.3 Å². The molecule has 1 N–H and O–H groups in total. The summed E-state index contributed by atoms with van der Waals surface area (Å²) in [6.45, 7) is 6.72. The molecule has 72 valence electrons. The van der Waals surface area contributed by atoms with Gasteiger partial charge in [0.25, 0.3) is 0 Å². The van der Waals surface area contributed by atoms with Gasteiger partial charge in [-0.05, 0) is 31.8 Å². The highest BCUT2D eigenvalue weighted by Gasteiger charge is 2.41. The minimum Gasteiger partial charge on any atom is -0.381 e. The summed E-state index contributed by atoms with van der Waals surface area (Å²) in [7, 11) is 0. The van der Waals surface area contributed by atoms with Crippen LogP contribution in [0.15, 0.2) is 0 Å². The van der Waals surface area contributed by atoms with Crippen LogP contribution in [0.5, 0.6) is 0 Å². The van der Waals surface area contributed by atoms with Crippen LogP contribution in [0.2, 0.25) is 0 Å². The van der Waals surface area contributed by atoms with Crippen LogP contribution < -0.4 is 5.32 Å². The number of hydrogen-bond acceptors (Lipinski definition) is 2. The summed E-state index contributed by atoms with van der Waals surface area (Å²) < 4.78 is 5.48. The van der Waals surface area contributed by atoms with Crippen molar-refractivity contribution in [1.29, 1.82) is 0 Å². The Morgan fingerprint density at radius 1 is 1.42 bits per heavy atom. The SMILES string of the molecule is CC1CNCCC12CCOC2.Cl. The van der Waals surface area contributed by atoms with Gasteiger partial charge in [-0.25, -0.2) is 0 Å². The number of halogens is 1. The van der Waals surface area contributed by atoms with Gasteiger partial charge < -0.3 is 10.1 Å². The third-order valence-corrected chi connectivity index (χ3v) is 3.43. The Morgan fingerprint density at radius 2 is 2.25 bits per heavy atom. The summed E-state index contributed by atoms with van der Waals surface area (Å²) in [6, 6.07) is 0. The summed E-state index contributed by atoms with van der Waals surface area (Å²) >= 11 is 0. The van der Waals surface area contributed by atoms with Gasteiger partial charge >= 0.3 is 0 Å². The first-order valence-electron chi connectivity index (χ1n) is 4.62. The standard InChI is InChI=1S/C9H17NO.ClH/c1-8-6-10-4-2-9(8)3-5-11-7-9;/h8,10H,2-7H2,1H3;1H. The minimum absolute atomic E-state index is 0. The second kappa shape index (κ2) is 3.95. The largest absolute Gasteiger partial charge is 0.381 e. The molecule has 0 bridgehead atoms. The Balaban J connectivity index is 0.000000720. The minimum atomic E-state index is 0. The molecule has 0 aromatic carbocycles. The molecule has 2 fully saturated rings. The van der Waals surface area contributed by atoms with Crippen molar-refractivity contribution in [1.82, 2.24) is 5.32 Å². The van der Waals surface area contributed by atoms with E-state index in [1.54, 1.807) is 0 Å². The van der Waals surface area contributed by atoms with Crippen LogP contribution in [0.25, 0.3) is 0 Å². The number of piperidine rings is 1. The molecule has 2 atom stereocenters. The zero-order valence-corrected chi connectivity index (χ0v) is 8.45. The Hall–Kier alpha value is 0.210. The van der Waals surface area contributed by atoms with Crippen molar-refractivity contribution < 1.29 is 4.74 Å². The maximum Gasteiger partial charge on any atom is 0.0526 e. The lowest BCUT2D eigenvalue weighted by atomic mass is 9.71. The zero-order chi connectivity index (χ0) is 7.73. The monoisotopic (exact) mass is 191 g/mol. The number of hydrogen-bond donors (Lipinski definition) is 1. The summed E-state index contributed by atoms with van der Waals surface area (Å²) in [5.74, 6) is 0.804. The molecular weight excluding hydrogens is 174 g/mol. The Labute approximate surface area is 80.5 Å². The van der Waals surface area contributed by atoms with Crippen molar-refractivity contribution in [2.45, 2.75) is 19.8 Å². The number of ether oxygens (including phenoxy) is 1. The van der Waals surface area contributed by atoms with Gasteiger partial charge in [-0.15, -0.1) is 12.4 Å². The maximum atomic E-state index is 5.48. The van der Waals surface area contributed by atoms with E-state index < -0.39 is 0 Å². The van der Waals surface area contributed by atoms with Crippen molar-refractivity contribution in [2.75, 3.05) is 26.3 Å². The second-order valence-corrected chi connectivity index (χ2v) is 4.02. The summed E-state index contributed by atoms with van der Waals surface area (Å²) in [5.41, 5.74) is 0.547. The molecule has 2 saturated heterocycles. The molecule has 0 aromatic heterocycles. The van der Waals surface area contributed by atoms with Crippen LogP contribution in [-0.4, -0.2) is 26.3 Å². The van der Waals surface area contributed by atoms with Crippen LogP contribution in [0.1, 0.15) is 19.8 Å². The first kappa shape index (κ1) is 10.3. The third-order valence-electron chi connectivity index (χ3n) is 3.43. The van der Waals surface area contributed by atoms with Gasteiger partial charge in [0.1, 0.15) is 0 Å². The van der Waals surface area contributed by atoms with E-state index in [1.165, 1.54) is 25.9 Å². The third kappa shape index (κ3) is 1.61. The van der Waals surface area contributed by atoms with Crippen molar-refractivity contribution in [3.63, 3.8) is 0 Å². The predicted octanol–water partition coefficient (Wildman–Crippen LogP) is 1.44. The van der Waals surface area contributed by atoms with Gasteiger partial charge in [-0.2, -0.15) is 0 Å². The molecule has 2 aliphatic rings. The summed E-state index contributed by atoms with van der Waals surface area (Å²) in [6.07, 6.45) is 2.60. The Morgan fingerprint density at radius 3 is 2.83 bits per heavy atom. The van der Waals surface area contributed by atoms with Crippen LogP contribution in [-0.2, 0) is 4.74 Å². The van der Waals surface area contributed by atoms with Crippen LogP contribution in [0.4, 0.5) is 0 Å². The van der Waals surface area contributed by atoms with Gasteiger partial charge in [-0.1, -0.05) is 6.92 Å². The van der Waals surface area contributed by atoms with Crippen LogP contribution >= 0.6 is 12.4 Å². The molecule has 2 nitrogen and oxygen atoms in total. The Kier molecular flexibility index (Phi) is 3.38. The van der Waals surface area contributed by atoms with Gasteiger partial charge in [-0.3, -0.25) is 0 Å². The van der Waals surface area contributed by atoms with Crippen LogP contribution in [0.3, 0.4) is 0 Å². The average Bonchev–Trinajstić information content (AvgIpc) is 2.46. The normalized spacial score (nSPS) is 41.2. The lowest BCUT2D eigenvalue weighted by molar-refractivity contribution is 0.0859. The molecule has 2 heterocycles. The maximum absolute atomic E-state index is 5.48. The predicted molar refractivity (Wildman–Crippen MR) is 51.8 cm³/mol. The van der Waals surface area contributed by atoms with Crippen LogP contribution in [0, 0.1) is 11.3 Å². The van der Waals surface area contributed by atoms with Gasteiger partial charge in [0.15, 0.2) is 0 Å². The van der Waals surface area contributed by atoms with Gasteiger partial charge in [0, 0.05) is 12.0 Å². The molecule has 12 heavy (non-hydrogen) atoms. The van der Waals surface area contributed by atoms with E-state index in [0.29, 0.717) is 5.41 Å². The molecule has 0 saturated carbocycles. The molecule has 0 radical (unpaired) electrons. The molecule has 2 aliphatic heterocycles. The molecule has 2 rings (SSSR count). The Bertz CT molecular complexity index is 145. The van der Waals surface area contributed by atoms with E-state index in [1.807, 2.05) is 0 Å². The summed E-state index contributed by atoms with van der Waals surface area (Å²) in [4.78, 5) is 0. The topological polar surface area (TPSA) is 21.3 Å². The van der Waals surface area contributed by atoms with Gasteiger partial charge in [0.2, 0.25) is 0 Å². The fourth-order valence-corrected chi connectivity index (χ4v) is 2.33. The first-order valence-corrected chi connectivity index (χ1v) is 4.62. The highest BCUT2D eigenvalue weighted by molar-refractivity contribution is 5.85. The number of rotatable bonds is 0. The highest BCUT2D eigenvalue weighted by Crippen LogP contribution is 2.40. The molecule has 0 amide bonds. The lowest BCUT2D eigenvalue weighted by Gasteiger charge is -2.38. The van der Waals surface area contributed by atoms with Crippen molar-refractivity contribution in [3.8, 4) is 0 Å². The molecule has 2 unspecified atom stereocenters. The molecule has 0 aromatic rings. The fraction of sp³-hybridized carbons (Fsp3) is 1.00. The lowest BCUT2D eigenvalue weighted by Crippen LogP contribution is -2.44. The molecule has 0 aliphatic carbocycles. The molecular formula is C9H18ClNO. The van der Waals surface area contributed by atoms with Crippen molar-refractivity contribution >= 4 is 12.4 Å². The van der Waals surface area contributed by atoms with E-state index in [2.05, 4.69) is 12.2 Å². The van der Waals surface area contributed by atoms with E-state index in [0.717, 1.165) is 19.1 Å². The molecule has 3 heteroatoms. The quantitative estimate of drug-likeness (QED) is 0.626. The van der Waals surface area contributed by atoms with E-state index in [4.69, 9.17) is 4.74 Å². The average molecular weight is 192 g/mol. The number of nitrogens with one attached hydrogen (secondary N) is 1. The van der Waals surface area contributed by atoms with E-state index in [-0.39, 0.29) is 12.4 Å². The second-order valence-electron chi connectivity index (χ2n) is 4.02. The summed E-state index contributed by atoms with van der Waals surface area (Å²) in [5, 5.41) is 3.43. The smallest absolute Gasteiger partial charge is 0.0526 e. The first-order chi connectivity index (χ1) is 5.33. The van der Waals surface area contributed by atoms with Gasteiger partial charge in [0.05, 0.1) is 6.61 Å². The zero-order valence-electron chi connectivity index (χ0n) is 7.64. The molecule has 1 spiro atoms. The highest BCUT2D eigenvalue weighted by atomic mass is 35.5. The van der Waals surface area contributed by atoms with E-state index >= 15 is 0 Å². The van der Waals surface area contributed by atoms with Crippen molar-refractivity contribution in [3.05, 3.63) is 0 Å². The fourth-order valence-electron chi connectivity index (χ4n) is 2.33. The van der Waals surface area contributed by atoms with E-state index in [9.17, 15) is 0 Å².